The van der Waals surface area contributed by atoms with E-state index in [4.69, 9.17) is 23.7 Å². The van der Waals surface area contributed by atoms with Gasteiger partial charge < -0.3 is 33.9 Å². The summed E-state index contributed by atoms with van der Waals surface area (Å²) in [5, 5.41) is 3.09. The molecule has 2 aromatic carbocycles. The summed E-state index contributed by atoms with van der Waals surface area (Å²) >= 11 is 0. The minimum atomic E-state index is -0.809. The van der Waals surface area contributed by atoms with Crippen LogP contribution in [0.3, 0.4) is 0 Å². The molecule has 0 saturated carbocycles. The van der Waals surface area contributed by atoms with Gasteiger partial charge in [-0.15, -0.1) is 0 Å². The maximum absolute atomic E-state index is 14.5. The summed E-state index contributed by atoms with van der Waals surface area (Å²) in [6.45, 7) is 8.66. The zero-order chi connectivity index (χ0) is 31.9. The van der Waals surface area contributed by atoms with E-state index in [0.29, 0.717) is 48.7 Å². The summed E-state index contributed by atoms with van der Waals surface area (Å²) in [6, 6.07) is 6.70. The van der Waals surface area contributed by atoms with E-state index in [2.05, 4.69) is 15.3 Å². The second-order valence-electron chi connectivity index (χ2n) is 11.6. The lowest BCUT2D eigenvalue weighted by Gasteiger charge is -2.33. The molecule has 3 aromatic rings. The van der Waals surface area contributed by atoms with Crippen LogP contribution in [0.15, 0.2) is 36.7 Å². The van der Waals surface area contributed by atoms with Crippen molar-refractivity contribution in [3.63, 3.8) is 0 Å². The Morgan fingerprint density at radius 3 is 2.30 bits per heavy atom. The summed E-state index contributed by atoms with van der Waals surface area (Å²) in [5.41, 5.74) is 0.194. The third-order valence-electron chi connectivity index (χ3n) is 7.14. The number of anilines is 2. The number of likely N-dealkylation sites (tertiary alicyclic amines) is 1. The van der Waals surface area contributed by atoms with Gasteiger partial charge in [0.2, 0.25) is 5.95 Å². The fourth-order valence-electron chi connectivity index (χ4n) is 4.75. The number of nitrogens with zero attached hydrogens (tertiary/aromatic N) is 3. The zero-order valence-electron chi connectivity index (χ0n) is 26.0. The summed E-state index contributed by atoms with van der Waals surface area (Å²) in [6.07, 6.45) is 5.23. The molecule has 4 rings (SSSR count). The van der Waals surface area contributed by atoms with Crippen LogP contribution < -0.4 is 24.3 Å². The molecule has 1 aliphatic heterocycles. The second kappa shape index (κ2) is 14.4. The second-order valence-corrected chi connectivity index (χ2v) is 11.6. The Hall–Kier alpha value is -4.35. The Kier molecular flexibility index (Phi) is 10.7. The molecule has 1 aromatic heterocycles. The average Bonchev–Trinajstić information content (AvgIpc) is 2.99. The van der Waals surface area contributed by atoms with Gasteiger partial charge in [0.05, 0.1) is 38.8 Å². The van der Waals surface area contributed by atoms with Crippen LogP contribution in [-0.4, -0.2) is 60.5 Å². The number of carbonyl (C=O) groups excluding carboxylic acids is 1. The number of nitrogens with one attached hydrogen (secondary N) is 1. The highest BCUT2D eigenvalue weighted by Gasteiger charge is 2.27. The van der Waals surface area contributed by atoms with Crippen molar-refractivity contribution in [2.45, 2.75) is 59.2 Å². The van der Waals surface area contributed by atoms with Gasteiger partial charge in [-0.3, -0.25) is 0 Å². The van der Waals surface area contributed by atoms with Crippen molar-refractivity contribution < 1.29 is 37.3 Å². The van der Waals surface area contributed by atoms with Crippen LogP contribution in [0.5, 0.6) is 23.0 Å². The first kappa shape index (κ1) is 32.6. The number of ether oxygens (including phenoxy) is 5. The lowest BCUT2D eigenvalue weighted by atomic mass is 9.94. The Balaban J connectivity index is 1.26. The number of aromatic nitrogens is 2. The number of hydrogen-bond acceptors (Lipinski definition) is 9. The van der Waals surface area contributed by atoms with Crippen LogP contribution in [-0.2, 0) is 11.3 Å². The molecule has 1 saturated heterocycles. The number of carbonyl (C=O) groups is 1. The summed E-state index contributed by atoms with van der Waals surface area (Å²) in [7, 11) is 2.88. The van der Waals surface area contributed by atoms with Gasteiger partial charge in [-0.1, -0.05) is 0 Å². The highest BCUT2D eigenvalue weighted by atomic mass is 19.1. The number of methoxy groups -OCH3 is 2. The van der Waals surface area contributed by atoms with Crippen molar-refractivity contribution in [3.05, 3.63) is 59.4 Å². The van der Waals surface area contributed by atoms with Crippen molar-refractivity contribution in [2.75, 3.05) is 39.2 Å². The van der Waals surface area contributed by atoms with Gasteiger partial charge in [0, 0.05) is 24.8 Å². The van der Waals surface area contributed by atoms with Crippen LogP contribution in [0.4, 0.5) is 25.2 Å². The van der Waals surface area contributed by atoms with Crippen molar-refractivity contribution in [1.82, 2.24) is 14.9 Å². The van der Waals surface area contributed by atoms with E-state index in [1.165, 1.54) is 32.5 Å². The van der Waals surface area contributed by atoms with Crippen LogP contribution >= 0.6 is 0 Å². The van der Waals surface area contributed by atoms with Crippen molar-refractivity contribution in [3.8, 4) is 23.0 Å². The Morgan fingerprint density at radius 1 is 0.977 bits per heavy atom. The summed E-state index contributed by atoms with van der Waals surface area (Å²) in [4.78, 5) is 22.5. The third-order valence-corrected chi connectivity index (χ3v) is 7.14. The number of aryl methyl sites for hydroxylation is 1. The fraction of sp³-hybridized carbons (Fsp3) is 0.469. The van der Waals surface area contributed by atoms with Gasteiger partial charge in [-0.05, 0) is 76.6 Å². The van der Waals surface area contributed by atoms with E-state index >= 15 is 0 Å². The highest BCUT2D eigenvalue weighted by molar-refractivity contribution is 5.68. The molecule has 0 radical (unpaired) electrons. The maximum atomic E-state index is 14.5. The van der Waals surface area contributed by atoms with Gasteiger partial charge >= 0.3 is 6.09 Å². The molecule has 1 amide bonds. The maximum Gasteiger partial charge on any atom is 0.410 e. The molecule has 1 fully saturated rings. The quantitative estimate of drug-likeness (QED) is 0.249. The van der Waals surface area contributed by atoms with Crippen LogP contribution in [0.2, 0.25) is 0 Å². The number of benzene rings is 2. The van der Waals surface area contributed by atoms with Gasteiger partial charge in [0.1, 0.15) is 18.0 Å². The molecule has 0 bridgehead atoms. The Labute approximate surface area is 256 Å². The number of hydrogen-bond donors (Lipinski definition) is 1. The molecule has 44 heavy (non-hydrogen) atoms. The normalized spacial score (nSPS) is 13.8. The topological polar surface area (TPSA) is 104 Å². The average molecular weight is 615 g/mol. The van der Waals surface area contributed by atoms with Crippen molar-refractivity contribution in [2.24, 2.45) is 5.92 Å². The molecule has 1 aliphatic rings. The lowest BCUT2D eigenvalue weighted by Crippen LogP contribution is -2.41. The third kappa shape index (κ3) is 8.61. The molecule has 0 atom stereocenters. The summed E-state index contributed by atoms with van der Waals surface area (Å²) < 4.78 is 56.5. The largest absolute Gasteiger partial charge is 0.494 e. The first-order chi connectivity index (χ1) is 21.0. The fourth-order valence-corrected chi connectivity index (χ4v) is 4.75. The first-order valence-corrected chi connectivity index (χ1v) is 14.5. The van der Waals surface area contributed by atoms with Crippen LogP contribution in [0, 0.1) is 24.5 Å². The van der Waals surface area contributed by atoms with Gasteiger partial charge in [-0.25, -0.2) is 23.5 Å². The van der Waals surface area contributed by atoms with E-state index in [0.717, 1.165) is 19.3 Å². The van der Waals surface area contributed by atoms with E-state index < -0.39 is 17.2 Å². The molecule has 12 heteroatoms. The van der Waals surface area contributed by atoms with Gasteiger partial charge in [0.25, 0.3) is 0 Å². The van der Waals surface area contributed by atoms with E-state index in [1.807, 2.05) is 32.9 Å². The predicted octanol–water partition coefficient (Wildman–Crippen LogP) is 6.82. The number of halogens is 2. The van der Waals surface area contributed by atoms with E-state index in [9.17, 15) is 13.6 Å². The van der Waals surface area contributed by atoms with E-state index in [1.54, 1.807) is 18.1 Å². The van der Waals surface area contributed by atoms with Crippen molar-refractivity contribution >= 4 is 17.7 Å². The number of piperidine rings is 1. The number of rotatable bonds is 11. The molecule has 0 spiro atoms. The zero-order valence-corrected chi connectivity index (χ0v) is 26.0. The molecule has 1 N–H and O–H groups in total. The monoisotopic (exact) mass is 614 g/mol. The van der Waals surface area contributed by atoms with Crippen LogP contribution in [0.1, 0.15) is 51.2 Å². The molecule has 2 heterocycles. The van der Waals surface area contributed by atoms with Gasteiger partial charge in [-0.2, -0.15) is 0 Å². The first-order valence-electron chi connectivity index (χ1n) is 14.5. The van der Waals surface area contributed by atoms with Crippen LogP contribution in [0.25, 0.3) is 0 Å². The smallest absolute Gasteiger partial charge is 0.410 e. The molecular formula is C32H40F2N4O6. The minimum absolute atomic E-state index is 0.0532. The SMILES string of the molecule is COc1cc(Nc2ncc(OCc3c(F)c(C)cc(OC)c3F)cn2)ccc1OCCC1CCN(C(=O)OC(C)(C)C)CC1. The molecule has 238 valence electrons. The lowest BCUT2D eigenvalue weighted by molar-refractivity contribution is 0.0177. The minimum Gasteiger partial charge on any atom is -0.494 e. The summed E-state index contributed by atoms with van der Waals surface area (Å²) in [5.74, 6) is 0.604. The molecular weight excluding hydrogens is 574 g/mol. The molecule has 0 unspecified atom stereocenters. The number of amides is 1. The standard InChI is InChI=1S/C32H40F2N4O6/c1-20-15-27(41-6)29(34)24(28(20)33)19-43-23-17-35-30(36-18-23)37-22-7-8-25(26(16-22)40-5)42-14-11-21-9-12-38(13-10-21)31(39)44-32(2,3)4/h7-8,15-18,21H,9-14,19H2,1-6H3,(H,35,36,37). The Bertz CT molecular complexity index is 1420. The van der Waals surface area contributed by atoms with Crippen molar-refractivity contribution in [1.29, 1.82) is 0 Å². The molecule has 0 aliphatic carbocycles. The Morgan fingerprint density at radius 2 is 1.66 bits per heavy atom. The van der Waals surface area contributed by atoms with Gasteiger partial charge in [0.15, 0.2) is 28.8 Å². The highest BCUT2D eigenvalue weighted by Crippen LogP contribution is 2.32. The van der Waals surface area contributed by atoms with E-state index in [-0.39, 0.29) is 35.3 Å². The molecule has 10 nitrogen and oxygen atoms in total. The predicted molar refractivity (Wildman–Crippen MR) is 161 cm³/mol.